The largest absolute Gasteiger partial charge is 0.435 e. The predicted octanol–water partition coefficient (Wildman–Crippen LogP) is 4.64. The lowest BCUT2D eigenvalue weighted by Crippen LogP contribution is -2.10. The van der Waals surface area contributed by atoms with Gasteiger partial charge in [0.25, 0.3) is 0 Å². The molecule has 0 saturated heterocycles. The number of alkyl halides is 3. The lowest BCUT2D eigenvalue weighted by Gasteiger charge is -2.07. The number of halogens is 3. The normalized spacial score (nSPS) is 12.5. The molecule has 0 amide bonds. The van der Waals surface area contributed by atoms with Crippen molar-refractivity contribution in [2.24, 2.45) is 5.92 Å². The third kappa shape index (κ3) is 3.11. The lowest BCUT2D eigenvalue weighted by molar-refractivity contribution is -0.141. The molecule has 5 nitrogen and oxygen atoms in total. The summed E-state index contributed by atoms with van der Waals surface area (Å²) in [6.07, 6.45) is -0.237. The van der Waals surface area contributed by atoms with E-state index in [0.29, 0.717) is 16.6 Å². The van der Waals surface area contributed by atoms with Gasteiger partial charge in [0.1, 0.15) is 0 Å². The van der Waals surface area contributed by atoms with Crippen molar-refractivity contribution in [1.29, 1.82) is 0 Å². The highest BCUT2D eigenvalue weighted by molar-refractivity contribution is 6.03. The number of rotatable bonds is 4. The summed E-state index contributed by atoms with van der Waals surface area (Å²) in [7, 11) is 0. The highest BCUT2D eigenvalue weighted by atomic mass is 19.4. The first-order chi connectivity index (χ1) is 12.1. The average molecular weight is 364 g/mol. The van der Waals surface area contributed by atoms with E-state index in [1.165, 1.54) is 27.8 Å². The minimum Gasteiger partial charge on any atom is -0.294 e. The molecule has 0 saturated carbocycles. The van der Waals surface area contributed by atoms with E-state index in [1.807, 2.05) is 0 Å². The van der Waals surface area contributed by atoms with Gasteiger partial charge in [0.15, 0.2) is 11.5 Å². The Bertz CT molecular complexity index is 967. The van der Waals surface area contributed by atoms with Crippen molar-refractivity contribution >= 4 is 11.3 Å². The second kappa shape index (κ2) is 6.26. The molecule has 3 rings (SSSR count). The quantitative estimate of drug-likeness (QED) is 0.634. The number of carbonyl (C=O) groups is 1. The van der Waals surface area contributed by atoms with Crippen LogP contribution in [-0.2, 0) is 6.18 Å². The van der Waals surface area contributed by atoms with E-state index >= 15 is 0 Å². The maximum Gasteiger partial charge on any atom is 0.435 e. The van der Waals surface area contributed by atoms with Crippen LogP contribution in [0.4, 0.5) is 13.2 Å². The Morgan fingerprint density at radius 1 is 1.12 bits per heavy atom. The number of fused-ring (bicyclic) bond motifs is 1. The Morgan fingerprint density at radius 2 is 1.81 bits per heavy atom. The molecule has 0 bridgehead atoms. The fourth-order valence-corrected chi connectivity index (χ4v) is 2.72. The van der Waals surface area contributed by atoms with Gasteiger partial charge >= 0.3 is 6.18 Å². The van der Waals surface area contributed by atoms with Crippen LogP contribution in [0, 0.1) is 5.92 Å². The van der Waals surface area contributed by atoms with E-state index in [2.05, 4.69) is 10.2 Å². The van der Waals surface area contributed by atoms with Crippen LogP contribution < -0.4 is 0 Å². The molecule has 0 N–H and O–H groups in total. The Morgan fingerprint density at radius 3 is 2.38 bits per heavy atom. The van der Waals surface area contributed by atoms with Gasteiger partial charge in [0.2, 0.25) is 0 Å². The van der Waals surface area contributed by atoms with Crippen LogP contribution in [0.3, 0.4) is 0 Å². The minimum absolute atomic E-state index is 0.0136. The van der Waals surface area contributed by atoms with Crippen LogP contribution in [0.15, 0.2) is 30.7 Å². The molecule has 0 radical (unpaired) electrons. The van der Waals surface area contributed by atoms with E-state index in [9.17, 15) is 18.0 Å². The van der Waals surface area contributed by atoms with E-state index in [1.54, 1.807) is 39.8 Å². The molecule has 0 unspecified atom stereocenters. The van der Waals surface area contributed by atoms with Gasteiger partial charge in [-0.25, -0.2) is 4.52 Å². The molecule has 3 heterocycles. The Hall–Kier alpha value is -2.64. The van der Waals surface area contributed by atoms with Crippen molar-refractivity contribution in [2.75, 3.05) is 0 Å². The van der Waals surface area contributed by atoms with Gasteiger partial charge in [-0.2, -0.15) is 23.4 Å². The van der Waals surface area contributed by atoms with Crippen LogP contribution >= 0.6 is 0 Å². The fourth-order valence-electron chi connectivity index (χ4n) is 2.72. The summed E-state index contributed by atoms with van der Waals surface area (Å²) >= 11 is 0. The number of Topliss-reactive ketones (excluding diaryl/α,β-unsaturated/α-hetero) is 1. The summed E-state index contributed by atoms with van der Waals surface area (Å²) in [5, 5.41) is 7.83. The van der Waals surface area contributed by atoms with Crippen LogP contribution in [0.5, 0.6) is 0 Å². The number of hydrogen-bond acceptors (Lipinski definition) is 3. The number of aromatic nitrogens is 4. The van der Waals surface area contributed by atoms with Gasteiger partial charge in [-0.1, -0.05) is 19.9 Å². The van der Waals surface area contributed by atoms with Gasteiger partial charge in [0.05, 0.1) is 17.3 Å². The maximum atomic E-state index is 13.4. The number of hydrogen-bond donors (Lipinski definition) is 0. The van der Waals surface area contributed by atoms with Crippen LogP contribution in [-0.4, -0.2) is 25.2 Å². The molecule has 0 spiro atoms. The summed E-state index contributed by atoms with van der Waals surface area (Å²) in [6, 6.07) is 2.98. The Labute approximate surface area is 148 Å². The summed E-state index contributed by atoms with van der Waals surface area (Å²) in [5.74, 6) is -0.250. The molecule has 26 heavy (non-hydrogen) atoms. The number of pyridine rings is 1. The third-order valence-electron chi connectivity index (χ3n) is 4.15. The molecule has 0 aliphatic heterocycles. The summed E-state index contributed by atoms with van der Waals surface area (Å²) in [5.41, 5.74) is 0.414. The zero-order chi connectivity index (χ0) is 19.2. The first kappa shape index (κ1) is 18.2. The topological polar surface area (TPSA) is 52.2 Å². The SMILES string of the molecule is CC(C)C(=O)c1cnn2cc(-c3cn(C(C)C)nc3C(F)(F)F)ccc12. The molecule has 0 atom stereocenters. The van der Waals surface area contributed by atoms with Crippen molar-refractivity contribution in [2.45, 2.75) is 39.9 Å². The molecule has 8 heteroatoms. The molecule has 0 aliphatic rings. The van der Waals surface area contributed by atoms with Gasteiger partial charge in [0, 0.05) is 35.5 Å². The van der Waals surface area contributed by atoms with Crippen LogP contribution in [0.25, 0.3) is 16.6 Å². The maximum absolute atomic E-state index is 13.4. The molecule has 0 aromatic carbocycles. The highest BCUT2D eigenvalue weighted by Gasteiger charge is 2.38. The number of carbonyl (C=O) groups excluding carboxylic acids is 1. The predicted molar refractivity (Wildman–Crippen MR) is 91.0 cm³/mol. The third-order valence-corrected chi connectivity index (χ3v) is 4.15. The van der Waals surface area contributed by atoms with Gasteiger partial charge in [-0.3, -0.25) is 9.48 Å². The summed E-state index contributed by atoms with van der Waals surface area (Å²) in [6.45, 7) is 7.10. The molecular formula is C18H19F3N4O. The van der Waals surface area contributed by atoms with Crippen LogP contribution in [0.1, 0.15) is 49.8 Å². The minimum atomic E-state index is -4.56. The molecule has 0 fully saturated rings. The van der Waals surface area contributed by atoms with Crippen LogP contribution in [0.2, 0.25) is 0 Å². The summed E-state index contributed by atoms with van der Waals surface area (Å²) < 4.78 is 42.9. The van der Waals surface area contributed by atoms with Crippen molar-refractivity contribution in [3.8, 4) is 11.1 Å². The first-order valence-corrected chi connectivity index (χ1v) is 8.28. The second-order valence-electron chi connectivity index (χ2n) is 6.79. The smallest absolute Gasteiger partial charge is 0.294 e. The molecule has 138 valence electrons. The zero-order valence-corrected chi connectivity index (χ0v) is 14.9. The number of ketones is 1. The Kier molecular flexibility index (Phi) is 4.37. The van der Waals surface area contributed by atoms with E-state index in [0.717, 1.165) is 0 Å². The van der Waals surface area contributed by atoms with Crippen molar-refractivity contribution in [3.05, 3.63) is 42.0 Å². The molecule has 3 aromatic rings. The molecule has 3 aromatic heterocycles. The first-order valence-electron chi connectivity index (χ1n) is 8.28. The Balaban J connectivity index is 2.14. The van der Waals surface area contributed by atoms with E-state index in [4.69, 9.17) is 0 Å². The standard InChI is InChI=1S/C18H19F3N4O/c1-10(2)16(26)13-7-22-25-8-12(5-6-15(13)25)14-9-24(11(3)4)23-17(14)18(19,20)21/h5-11H,1-4H3. The second-order valence-corrected chi connectivity index (χ2v) is 6.79. The van der Waals surface area contributed by atoms with Gasteiger partial charge in [-0.05, 0) is 19.9 Å². The molecule has 0 aliphatic carbocycles. The van der Waals surface area contributed by atoms with Gasteiger partial charge < -0.3 is 0 Å². The monoisotopic (exact) mass is 364 g/mol. The zero-order valence-electron chi connectivity index (χ0n) is 14.9. The van der Waals surface area contributed by atoms with Gasteiger partial charge in [-0.15, -0.1) is 0 Å². The van der Waals surface area contributed by atoms with Crippen molar-refractivity contribution in [3.63, 3.8) is 0 Å². The van der Waals surface area contributed by atoms with E-state index in [-0.39, 0.29) is 23.3 Å². The summed E-state index contributed by atoms with van der Waals surface area (Å²) in [4.78, 5) is 12.2. The average Bonchev–Trinajstić information content (AvgIpc) is 3.17. The highest BCUT2D eigenvalue weighted by Crippen LogP contribution is 2.36. The van der Waals surface area contributed by atoms with Crippen molar-refractivity contribution < 1.29 is 18.0 Å². The fraction of sp³-hybridized carbons (Fsp3) is 0.389. The van der Waals surface area contributed by atoms with E-state index < -0.39 is 11.9 Å². The lowest BCUT2D eigenvalue weighted by atomic mass is 10.0. The molecular weight excluding hydrogens is 345 g/mol. The van der Waals surface area contributed by atoms with Crippen molar-refractivity contribution in [1.82, 2.24) is 19.4 Å². The number of nitrogens with zero attached hydrogens (tertiary/aromatic N) is 4.